The lowest BCUT2D eigenvalue weighted by molar-refractivity contribution is -0.379. The lowest BCUT2D eigenvalue weighted by Crippen LogP contribution is -2.66. The molecule has 570 valence electrons. The van der Waals surface area contributed by atoms with Crippen molar-refractivity contribution in [1.82, 2.24) is 5.32 Å². The molecule has 3 fully saturated rings. The van der Waals surface area contributed by atoms with Crippen molar-refractivity contribution in [2.45, 2.75) is 362 Å². The van der Waals surface area contributed by atoms with Crippen LogP contribution in [0.2, 0.25) is 0 Å². The van der Waals surface area contributed by atoms with E-state index in [4.69, 9.17) is 28.4 Å². The van der Waals surface area contributed by atoms with E-state index in [0.29, 0.717) is 6.42 Å². The van der Waals surface area contributed by atoms with E-state index in [2.05, 4.69) is 116 Å². The van der Waals surface area contributed by atoms with Gasteiger partial charge in [0.05, 0.1) is 38.6 Å². The zero-order valence-corrected chi connectivity index (χ0v) is 60.7. The molecule has 0 radical (unpaired) electrons. The monoisotopic (exact) mass is 1400 g/mol. The molecule has 3 saturated heterocycles. The van der Waals surface area contributed by atoms with Crippen molar-refractivity contribution >= 4 is 5.91 Å². The van der Waals surface area contributed by atoms with Crippen LogP contribution >= 0.6 is 0 Å². The van der Waals surface area contributed by atoms with Crippen LogP contribution in [0.1, 0.15) is 258 Å². The molecule has 0 aromatic carbocycles. The molecule has 99 heavy (non-hydrogen) atoms. The number of carbonyl (C=O) groups is 1. The molecule has 19 heteroatoms. The second-order valence-corrected chi connectivity index (χ2v) is 27.1. The highest BCUT2D eigenvalue weighted by Crippen LogP contribution is 2.33. The molecule has 12 N–H and O–H groups in total. The summed E-state index contributed by atoms with van der Waals surface area (Å²) in [5.41, 5.74) is 0. The number of nitrogens with one attached hydrogen (secondary N) is 1. The van der Waals surface area contributed by atoms with Crippen molar-refractivity contribution in [2.75, 3.05) is 26.4 Å². The van der Waals surface area contributed by atoms with Crippen LogP contribution in [0.5, 0.6) is 0 Å². The summed E-state index contributed by atoms with van der Waals surface area (Å²) in [7, 11) is 0. The first-order valence-corrected chi connectivity index (χ1v) is 38.6. The summed E-state index contributed by atoms with van der Waals surface area (Å²) in [5.74, 6) is -0.293. The summed E-state index contributed by atoms with van der Waals surface area (Å²) in [4.78, 5) is 13.5. The Kier molecular flexibility index (Phi) is 54.2. The van der Waals surface area contributed by atoms with Crippen LogP contribution in [0.25, 0.3) is 0 Å². The highest BCUT2D eigenvalue weighted by molar-refractivity contribution is 5.76. The fraction of sp³-hybridized carbons (Fsp3) is 0.762. The molecule has 3 aliphatic heterocycles. The van der Waals surface area contributed by atoms with Gasteiger partial charge in [-0.2, -0.15) is 0 Å². The number of amides is 1. The zero-order valence-electron chi connectivity index (χ0n) is 60.7. The van der Waals surface area contributed by atoms with Crippen LogP contribution in [-0.4, -0.2) is 193 Å². The summed E-state index contributed by atoms with van der Waals surface area (Å²) in [6.45, 7) is 1.62. The molecule has 0 aromatic heterocycles. The average molecular weight is 1400 g/mol. The van der Waals surface area contributed by atoms with Gasteiger partial charge >= 0.3 is 0 Å². The molecule has 0 aliphatic carbocycles. The molecule has 19 nitrogen and oxygen atoms in total. The maximum absolute atomic E-state index is 13.5. The molecule has 1 amide bonds. The standard InChI is InChI=1S/C80H137NO18/c1-3-5-7-9-11-13-15-17-19-21-23-25-27-28-29-30-31-32-33-34-36-38-40-42-44-46-48-50-52-54-56-58-68(86)81-63(64(85)57-55-53-51-49-47-45-43-41-39-37-35-26-24-22-20-18-16-14-12-10-8-6-4-2)62-94-78-74(92)71(89)76(66(60-83)96-78)99-80-75(93)72(90)77(67(61-84)97-80)98-79-73(91)70(88)69(87)65(59-82)95-79/h5,7,11,13,17,19,23,25,28-29,31-32,34,36,40,42,55,57,63-67,69-80,82-85,87-93H,3-4,6,8-10,12,14-16,18,20-22,24,26-27,30,33,35,37-39,41,43-54,56,58-62H2,1-2H3,(H,81,86)/b7-5-,13-11-,19-17-,25-23-,29-28-,32-31-,36-34-,42-40-,57-55+. The third kappa shape index (κ3) is 40.3. The van der Waals surface area contributed by atoms with Gasteiger partial charge in [0.1, 0.15) is 73.2 Å². The average Bonchev–Trinajstić information content (AvgIpc) is 0.577. The molecule has 0 bridgehead atoms. The van der Waals surface area contributed by atoms with E-state index in [1.807, 2.05) is 6.08 Å². The van der Waals surface area contributed by atoms with Crippen LogP contribution in [0.4, 0.5) is 0 Å². The van der Waals surface area contributed by atoms with E-state index >= 15 is 0 Å². The van der Waals surface area contributed by atoms with Crippen molar-refractivity contribution in [3.63, 3.8) is 0 Å². The number of allylic oxidation sites excluding steroid dienone is 17. The summed E-state index contributed by atoms with van der Waals surface area (Å²) in [6.07, 6.45) is 54.8. The lowest BCUT2D eigenvalue weighted by Gasteiger charge is -2.48. The van der Waals surface area contributed by atoms with Crippen LogP contribution in [-0.2, 0) is 33.2 Å². The van der Waals surface area contributed by atoms with Crippen molar-refractivity contribution in [3.05, 3.63) is 109 Å². The van der Waals surface area contributed by atoms with Crippen molar-refractivity contribution in [3.8, 4) is 0 Å². The quantitative estimate of drug-likeness (QED) is 0.0199. The van der Waals surface area contributed by atoms with Gasteiger partial charge in [0.2, 0.25) is 5.91 Å². The smallest absolute Gasteiger partial charge is 0.220 e. The van der Waals surface area contributed by atoms with Crippen molar-refractivity contribution in [1.29, 1.82) is 0 Å². The summed E-state index contributed by atoms with van der Waals surface area (Å²) >= 11 is 0. The number of hydrogen-bond acceptors (Lipinski definition) is 18. The Bertz CT molecular complexity index is 2220. The van der Waals surface area contributed by atoms with Gasteiger partial charge < -0.3 is 89.9 Å². The van der Waals surface area contributed by atoms with Gasteiger partial charge in [-0.1, -0.05) is 277 Å². The Morgan fingerprint density at radius 3 is 1.09 bits per heavy atom. The number of hydrogen-bond donors (Lipinski definition) is 12. The van der Waals surface area contributed by atoms with Gasteiger partial charge in [0, 0.05) is 6.42 Å². The summed E-state index contributed by atoms with van der Waals surface area (Å²) < 4.78 is 34.4. The molecule has 0 spiro atoms. The predicted molar refractivity (Wildman–Crippen MR) is 392 cm³/mol. The second kappa shape index (κ2) is 59.8. The van der Waals surface area contributed by atoms with Crippen LogP contribution in [0, 0.1) is 0 Å². The normalized spacial score (nSPS) is 27.2. The van der Waals surface area contributed by atoms with E-state index < -0.39 is 124 Å². The molecule has 17 unspecified atom stereocenters. The number of aliphatic hydroxyl groups is 11. The predicted octanol–water partition coefficient (Wildman–Crippen LogP) is 12.2. The number of ether oxygens (including phenoxy) is 6. The maximum Gasteiger partial charge on any atom is 0.220 e. The molecular formula is C80H137NO18. The summed E-state index contributed by atoms with van der Waals surface area (Å²) in [6, 6.07) is -0.991. The number of unbranched alkanes of at least 4 members (excludes halogenated alkanes) is 27. The first kappa shape index (κ1) is 89.7. The molecule has 17 atom stereocenters. The van der Waals surface area contributed by atoms with E-state index in [9.17, 15) is 61.0 Å². The van der Waals surface area contributed by atoms with E-state index in [0.717, 1.165) is 116 Å². The lowest BCUT2D eigenvalue weighted by atomic mass is 9.96. The van der Waals surface area contributed by atoms with Crippen LogP contribution in [0.15, 0.2) is 109 Å². The number of carbonyl (C=O) groups excluding carboxylic acids is 1. The fourth-order valence-electron chi connectivity index (χ4n) is 12.4. The van der Waals surface area contributed by atoms with E-state index in [1.54, 1.807) is 6.08 Å². The van der Waals surface area contributed by atoms with Gasteiger partial charge in [-0.25, -0.2) is 0 Å². The summed E-state index contributed by atoms with van der Waals surface area (Å²) in [5, 5.41) is 121. The van der Waals surface area contributed by atoms with Gasteiger partial charge in [0.25, 0.3) is 0 Å². The highest BCUT2D eigenvalue weighted by atomic mass is 16.8. The Morgan fingerprint density at radius 1 is 0.374 bits per heavy atom. The molecular weight excluding hydrogens is 1260 g/mol. The second-order valence-electron chi connectivity index (χ2n) is 27.1. The van der Waals surface area contributed by atoms with Crippen LogP contribution < -0.4 is 5.32 Å². The first-order valence-electron chi connectivity index (χ1n) is 38.6. The van der Waals surface area contributed by atoms with Crippen LogP contribution in [0.3, 0.4) is 0 Å². The molecule has 0 aromatic rings. The van der Waals surface area contributed by atoms with Gasteiger partial charge in [-0.3, -0.25) is 4.79 Å². The van der Waals surface area contributed by atoms with Gasteiger partial charge in [-0.05, 0) is 83.5 Å². The molecule has 0 saturated carbocycles. The topological polar surface area (TPSA) is 307 Å². The molecule has 3 heterocycles. The zero-order chi connectivity index (χ0) is 71.8. The molecule has 3 rings (SSSR count). The third-order valence-electron chi connectivity index (χ3n) is 18.6. The Morgan fingerprint density at radius 2 is 0.697 bits per heavy atom. The minimum absolute atomic E-state index is 0.219. The van der Waals surface area contributed by atoms with Crippen molar-refractivity contribution < 1.29 is 89.4 Å². The molecule has 3 aliphatic rings. The number of rotatable bonds is 59. The largest absolute Gasteiger partial charge is 0.394 e. The minimum atomic E-state index is -1.99. The Labute approximate surface area is 595 Å². The first-order chi connectivity index (χ1) is 48.3. The minimum Gasteiger partial charge on any atom is -0.394 e. The van der Waals surface area contributed by atoms with E-state index in [-0.39, 0.29) is 18.9 Å². The van der Waals surface area contributed by atoms with Gasteiger partial charge in [0.15, 0.2) is 18.9 Å². The number of aliphatic hydroxyl groups excluding tert-OH is 11. The van der Waals surface area contributed by atoms with E-state index in [1.165, 1.54) is 116 Å². The SMILES string of the molecule is CC/C=C\C/C=C\C/C=C\C/C=C\C/C=C\C/C=C\C/C=C\C/C=C\CCCCCCCCC(=O)NC(COC1OC(CO)C(OC2OC(CO)C(OC3OC(CO)C(O)C(O)C3O)C(O)C2O)C(O)C1O)C(O)/C=C/CCCCCCCCCCCCCCCCCCCCCCC. The van der Waals surface area contributed by atoms with Gasteiger partial charge in [-0.15, -0.1) is 0 Å². The fourth-order valence-corrected chi connectivity index (χ4v) is 12.4. The Hall–Kier alpha value is -3.55. The maximum atomic E-state index is 13.5. The van der Waals surface area contributed by atoms with Crippen molar-refractivity contribution in [2.24, 2.45) is 0 Å². The third-order valence-corrected chi connectivity index (χ3v) is 18.6. The highest BCUT2D eigenvalue weighted by Gasteiger charge is 2.53. The Balaban J connectivity index is 1.41.